The zero-order valence-corrected chi connectivity index (χ0v) is 9.19. The Morgan fingerprint density at radius 3 is 2.93 bits per heavy atom. The van der Waals surface area contributed by atoms with Gasteiger partial charge in [-0.05, 0) is 12.8 Å². The van der Waals surface area contributed by atoms with Gasteiger partial charge in [0.15, 0.2) is 0 Å². The number of amides is 1. The zero-order valence-electron chi connectivity index (χ0n) is 9.19. The van der Waals surface area contributed by atoms with Crippen LogP contribution in [-0.4, -0.2) is 48.4 Å². The Labute approximate surface area is 90.2 Å². The summed E-state index contributed by atoms with van der Waals surface area (Å²) in [6.07, 6.45) is 2.85. The van der Waals surface area contributed by atoms with Gasteiger partial charge in [-0.1, -0.05) is 12.8 Å². The van der Waals surface area contributed by atoms with E-state index in [1.54, 1.807) is 4.90 Å². The van der Waals surface area contributed by atoms with Crippen molar-refractivity contribution in [3.63, 3.8) is 0 Å². The Morgan fingerprint density at radius 1 is 1.60 bits per heavy atom. The van der Waals surface area contributed by atoms with Crippen molar-refractivity contribution in [1.29, 1.82) is 0 Å². The molecule has 0 saturated carbocycles. The number of carbonyl (C=O) groups is 1. The molecule has 1 heterocycles. The van der Waals surface area contributed by atoms with Crippen molar-refractivity contribution in [3.8, 4) is 0 Å². The fourth-order valence-corrected chi connectivity index (χ4v) is 2.04. The van der Waals surface area contributed by atoms with Gasteiger partial charge in [0, 0.05) is 13.1 Å². The van der Waals surface area contributed by atoms with E-state index >= 15 is 0 Å². The summed E-state index contributed by atoms with van der Waals surface area (Å²) in [5, 5.41) is 9.75. The van der Waals surface area contributed by atoms with E-state index in [2.05, 4.69) is 0 Å². The minimum absolute atomic E-state index is 0.179. The molecule has 5 nitrogen and oxygen atoms in total. The largest absolute Gasteiger partial charge is 0.453 e. The topological polar surface area (TPSA) is 75.8 Å². The number of hydrogen-bond acceptors (Lipinski definition) is 4. The first-order valence-corrected chi connectivity index (χ1v) is 5.43. The number of aliphatic hydroxyl groups is 1. The number of nitrogens with zero attached hydrogens (tertiary/aromatic N) is 1. The van der Waals surface area contributed by atoms with Crippen molar-refractivity contribution in [2.24, 2.45) is 5.73 Å². The van der Waals surface area contributed by atoms with Gasteiger partial charge in [0.25, 0.3) is 0 Å². The van der Waals surface area contributed by atoms with Crippen LogP contribution in [0.3, 0.4) is 0 Å². The van der Waals surface area contributed by atoms with Crippen molar-refractivity contribution in [2.75, 3.05) is 20.2 Å². The lowest BCUT2D eigenvalue weighted by Gasteiger charge is -2.31. The summed E-state index contributed by atoms with van der Waals surface area (Å²) in [7, 11) is 1.36. The van der Waals surface area contributed by atoms with Crippen LogP contribution in [0.4, 0.5) is 4.79 Å². The molecule has 2 atom stereocenters. The van der Waals surface area contributed by atoms with Gasteiger partial charge in [-0.3, -0.25) is 0 Å². The second-order valence-corrected chi connectivity index (χ2v) is 3.88. The molecule has 5 heteroatoms. The highest BCUT2D eigenvalue weighted by Crippen LogP contribution is 2.19. The molecule has 1 rings (SSSR count). The Bertz CT molecular complexity index is 211. The third kappa shape index (κ3) is 3.07. The van der Waals surface area contributed by atoms with E-state index in [9.17, 15) is 9.90 Å². The maximum Gasteiger partial charge on any atom is 0.409 e. The van der Waals surface area contributed by atoms with Crippen LogP contribution in [0.1, 0.15) is 25.7 Å². The number of aliphatic hydroxyl groups excluding tert-OH is 1. The molecule has 3 N–H and O–H groups in total. The third-order valence-corrected chi connectivity index (χ3v) is 2.89. The Balaban J connectivity index is 2.71. The lowest BCUT2D eigenvalue weighted by atomic mass is 10.0. The van der Waals surface area contributed by atoms with E-state index in [0.29, 0.717) is 6.54 Å². The second kappa shape index (κ2) is 5.92. The molecule has 0 aromatic heterocycles. The van der Waals surface area contributed by atoms with Gasteiger partial charge >= 0.3 is 6.09 Å². The Hall–Kier alpha value is -0.810. The van der Waals surface area contributed by atoms with E-state index < -0.39 is 6.10 Å². The molecule has 0 aromatic carbocycles. The first kappa shape index (κ1) is 12.3. The highest BCUT2D eigenvalue weighted by molar-refractivity contribution is 5.68. The van der Waals surface area contributed by atoms with E-state index in [1.165, 1.54) is 7.11 Å². The minimum atomic E-state index is -0.651. The highest BCUT2D eigenvalue weighted by atomic mass is 16.5. The molecule has 1 aliphatic rings. The quantitative estimate of drug-likeness (QED) is 0.697. The number of methoxy groups -OCH3 is 1. The molecule has 0 aliphatic carbocycles. The van der Waals surface area contributed by atoms with Crippen LogP contribution in [0.2, 0.25) is 0 Å². The lowest BCUT2D eigenvalue weighted by Crippen LogP contribution is -2.49. The summed E-state index contributed by atoms with van der Waals surface area (Å²) in [5.74, 6) is 0. The third-order valence-electron chi connectivity index (χ3n) is 2.89. The molecule has 1 aliphatic heterocycles. The average molecular weight is 216 g/mol. The van der Waals surface area contributed by atoms with Gasteiger partial charge in [0.2, 0.25) is 0 Å². The average Bonchev–Trinajstić information content (AvgIpc) is 2.52. The molecule has 1 amide bonds. The number of hydrogen-bond donors (Lipinski definition) is 2. The lowest BCUT2D eigenvalue weighted by molar-refractivity contribution is 0.0456. The van der Waals surface area contributed by atoms with Crippen molar-refractivity contribution < 1.29 is 14.6 Å². The molecule has 1 fully saturated rings. The van der Waals surface area contributed by atoms with Crippen molar-refractivity contribution in [3.05, 3.63) is 0 Å². The van der Waals surface area contributed by atoms with Crippen LogP contribution in [0.5, 0.6) is 0 Å². The predicted octanol–water partition coefficient (Wildman–Crippen LogP) is 0.317. The molecule has 88 valence electrons. The maximum absolute atomic E-state index is 11.5. The number of ether oxygens (including phenoxy) is 1. The summed E-state index contributed by atoms with van der Waals surface area (Å²) >= 11 is 0. The highest BCUT2D eigenvalue weighted by Gasteiger charge is 2.30. The molecule has 0 spiro atoms. The van der Waals surface area contributed by atoms with Gasteiger partial charge in [-0.15, -0.1) is 0 Å². The van der Waals surface area contributed by atoms with E-state index in [0.717, 1.165) is 25.7 Å². The van der Waals surface area contributed by atoms with Crippen LogP contribution in [0, 0.1) is 0 Å². The molecule has 1 saturated heterocycles. The molecular formula is C10H20N2O3. The Morgan fingerprint density at radius 2 is 2.33 bits per heavy atom. The SMILES string of the molecule is COC(=O)N1CCCCCC1C(O)CN. The summed E-state index contributed by atoms with van der Waals surface area (Å²) in [6, 6.07) is -0.190. The van der Waals surface area contributed by atoms with E-state index in [4.69, 9.17) is 10.5 Å². The smallest absolute Gasteiger partial charge is 0.409 e. The summed E-state index contributed by atoms with van der Waals surface area (Å²) < 4.78 is 4.71. The standard InChI is InChI=1S/C10H20N2O3/c1-15-10(14)12-6-4-2-3-5-8(12)9(13)7-11/h8-9,13H,2-7,11H2,1H3. The fourth-order valence-electron chi connectivity index (χ4n) is 2.04. The maximum atomic E-state index is 11.5. The van der Waals surface area contributed by atoms with Gasteiger partial charge in [0.1, 0.15) is 0 Å². The summed E-state index contributed by atoms with van der Waals surface area (Å²) in [6.45, 7) is 0.826. The first-order chi connectivity index (χ1) is 7.20. The minimum Gasteiger partial charge on any atom is -0.453 e. The number of likely N-dealkylation sites (tertiary alicyclic amines) is 1. The van der Waals surface area contributed by atoms with Crippen LogP contribution in [0.15, 0.2) is 0 Å². The normalized spacial score (nSPS) is 24.5. The van der Waals surface area contributed by atoms with Crippen LogP contribution >= 0.6 is 0 Å². The molecule has 0 bridgehead atoms. The van der Waals surface area contributed by atoms with Crippen LogP contribution in [-0.2, 0) is 4.74 Å². The molecular weight excluding hydrogens is 196 g/mol. The van der Waals surface area contributed by atoms with Gasteiger partial charge in [-0.2, -0.15) is 0 Å². The van der Waals surface area contributed by atoms with E-state index in [1.807, 2.05) is 0 Å². The van der Waals surface area contributed by atoms with Crippen molar-refractivity contribution in [1.82, 2.24) is 4.90 Å². The van der Waals surface area contributed by atoms with Crippen molar-refractivity contribution >= 4 is 6.09 Å². The Kier molecular flexibility index (Phi) is 4.84. The molecule has 0 aromatic rings. The van der Waals surface area contributed by atoms with E-state index in [-0.39, 0.29) is 18.7 Å². The van der Waals surface area contributed by atoms with Crippen LogP contribution in [0.25, 0.3) is 0 Å². The molecule has 0 radical (unpaired) electrons. The van der Waals surface area contributed by atoms with Gasteiger partial charge in [0.05, 0.1) is 19.3 Å². The van der Waals surface area contributed by atoms with Crippen molar-refractivity contribution in [2.45, 2.75) is 37.8 Å². The second-order valence-electron chi connectivity index (χ2n) is 3.88. The number of carbonyl (C=O) groups excluding carboxylic acids is 1. The zero-order chi connectivity index (χ0) is 11.3. The fraction of sp³-hybridized carbons (Fsp3) is 0.900. The number of nitrogens with two attached hydrogens (primary N) is 1. The molecule has 15 heavy (non-hydrogen) atoms. The van der Waals surface area contributed by atoms with Gasteiger partial charge < -0.3 is 20.5 Å². The number of rotatable bonds is 2. The van der Waals surface area contributed by atoms with Gasteiger partial charge in [-0.25, -0.2) is 4.79 Å². The van der Waals surface area contributed by atoms with Crippen LogP contribution < -0.4 is 5.73 Å². The monoisotopic (exact) mass is 216 g/mol. The first-order valence-electron chi connectivity index (χ1n) is 5.43. The summed E-state index contributed by atoms with van der Waals surface area (Å²) in [4.78, 5) is 13.1. The molecule has 2 unspecified atom stereocenters. The predicted molar refractivity (Wildman–Crippen MR) is 56.4 cm³/mol. The summed E-state index contributed by atoms with van der Waals surface area (Å²) in [5.41, 5.74) is 5.43.